The summed E-state index contributed by atoms with van der Waals surface area (Å²) < 4.78 is 6.91. The lowest BCUT2D eigenvalue weighted by Gasteiger charge is -2.26. The highest BCUT2D eigenvalue weighted by Crippen LogP contribution is 2.25. The van der Waals surface area contributed by atoms with E-state index in [4.69, 9.17) is 4.74 Å². The van der Waals surface area contributed by atoms with Gasteiger partial charge in [-0.25, -0.2) is 0 Å². The number of ether oxygens (including phenoxy) is 1. The Morgan fingerprint density at radius 3 is 2.78 bits per heavy atom. The highest BCUT2D eigenvalue weighted by Gasteiger charge is 2.14. The molecule has 1 saturated heterocycles. The van der Waals surface area contributed by atoms with Gasteiger partial charge in [-0.15, -0.1) is 0 Å². The third-order valence-electron chi connectivity index (χ3n) is 4.38. The van der Waals surface area contributed by atoms with Gasteiger partial charge in [-0.3, -0.25) is 9.69 Å². The molecule has 1 aliphatic rings. The molecular formula is C17H23N3O3. The van der Waals surface area contributed by atoms with E-state index in [1.54, 1.807) is 11.6 Å². The maximum atomic E-state index is 12.4. The summed E-state index contributed by atoms with van der Waals surface area (Å²) in [6, 6.07) is 7.40. The van der Waals surface area contributed by atoms with E-state index in [9.17, 15) is 9.90 Å². The number of hydrogen-bond donors (Lipinski definition) is 2. The van der Waals surface area contributed by atoms with Crippen LogP contribution < -0.4 is 10.9 Å². The molecule has 0 spiro atoms. The fourth-order valence-electron chi connectivity index (χ4n) is 2.98. The number of nitrogens with one attached hydrogen (secondary N) is 1. The number of pyridine rings is 1. The number of aryl methyl sites for hydroxylation is 1. The summed E-state index contributed by atoms with van der Waals surface area (Å²) in [5.41, 5.74) is 1.01. The van der Waals surface area contributed by atoms with Crippen molar-refractivity contribution in [2.45, 2.75) is 6.54 Å². The van der Waals surface area contributed by atoms with Gasteiger partial charge in [0.15, 0.2) is 0 Å². The Kier molecular flexibility index (Phi) is 4.95. The van der Waals surface area contributed by atoms with Crippen LogP contribution in [0.1, 0.15) is 5.56 Å². The molecule has 0 bridgehead atoms. The molecule has 3 rings (SSSR count). The maximum absolute atomic E-state index is 12.4. The molecule has 1 aromatic heterocycles. The number of fused-ring (bicyclic) bond motifs is 1. The van der Waals surface area contributed by atoms with Crippen LogP contribution in [-0.4, -0.2) is 54.0 Å². The van der Waals surface area contributed by atoms with E-state index in [2.05, 4.69) is 10.2 Å². The summed E-state index contributed by atoms with van der Waals surface area (Å²) in [7, 11) is 1.74. The normalized spacial score (nSPS) is 16.0. The second-order valence-corrected chi connectivity index (χ2v) is 5.84. The van der Waals surface area contributed by atoms with E-state index in [0.29, 0.717) is 17.5 Å². The number of rotatable bonds is 5. The van der Waals surface area contributed by atoms with Crippen LogP contribution in [0.2, 0.25) is 0 Å². The average Bonchev–Trinajstić information content (AvgIpc) is 2.60. The van der Waals surface area contributed by atoms with Gasteiger partial charge in [0.25, 0.3) is 5.56 Å². The van der Waals surface area contributed by atoms with Gasteiger partial charge in [0.05, 0.1) is 24.3 Å². The van der Waals surface area contributed by atoms with Crippen molar-refractivity contribution in [3.05, 3.63) is 40.2 Å². The van der Waals surface area contributed by atoms with Gasteiger partial charge in [0.1, 0.15) is 5.75 Å². The first kappa shape index (κ1) is 16.0. The van der Waals surface area contributed by atoms with Gasteiger partial charge in [0.2, 0.25) is 0 Å². The minimum Gasteiger partial charge on any atom is -0.507 e. The predicted octanol–water partition coefficient (Wildman–Crippen LogP) is 0.666. The van der Waals surface area contributed by atoms with Gasteiger partial charge in [0, 0.05) is 45.2 Å². The molecule has 0 atom stereocenters. The van der Waals surface area contributed by atoms with Gasteiger partial charge in [-0.05, 0) is 12.1 Å². The Morgan fingerprint density at radius 2 is 2.00 bits per heavy atom. The Hall–Kier alpha value is -1.89. The van der Waals surface area contributed by atoms with Crippen molar-refractivity contribution in [1.29, 1.82) is 0 Å². The molecule has 2 aromatic rings. The largest absolute Gasteiger partial charge is 0.507 e. The molecule has 2 heterocycles. The minimum absolute atomic E-state index is 0.0857. The highest BCUT2D eigenvalue weighted by atomic mass is 16.5. The third-order valence-corrected chi connectivity index (χ3v) is 4.38. The zero-order chi connectivity index (χ0) is 16.2. The van der Waals surface area contributed by atoms with Crippen LogP contribution in [0.15, 0.2) is 29.1 Å². The smallest absolute Gasteiger partial charge is 0.259 e. The van der Waals surface area contributed by atoms with Crippen LogP contribution in [0.3, 0.4) is 0 Å². The number of aromatic hydroxyl groups is 1. The molecule has 6 nitrogen and oxygen atoms in total. The number of hydrogen-bond acceptors (Lipinski definition) is 5. The van der Waals surface area contributed by atoms with Crippen molar-refractivity contribution < 1.29 is 9.84 Å². The predicted molar refractivity (Wildman–Crippen MR) is 89.8 cm³/mol. The molecule has 1 fully saturated rings. The molecular weight excluding hydrogens is 294 g/mol. The second kappa shape index (κ2) is 7.12. The van der Waals surface area contributed by atoms with Crippen molar-refractivity contribution in [2.24, 2.45) is 7.05 Å². The number of morpholine rings is 1. The van der Waals surface area contributed by atoms with Crippen molar-refractivity contribution in [2.75, 3.05) is 39.4 Å². The van der Waals surface area contributed by atoms with Crippen molar-refractivity contribution >= 4 is 10.9 Å². The summed E-state index contributed by atoms with van der Waals surface area (Å²) >= 11 is 0. The van der Waals surface area contributed by atoms with Crippen LogP contribution in [0.4, 0.5) is 0 Å². The molecule has 1 aliphatic heterocycles. The second-order valence-electron chi connectivity index (χ2n) is 5.84. The topological polar surface area (TPSA) is 66.7 Å². The highest BCUT2D eigenvalue weighted by molar-refractivity contribution is 5.86. The molecule has 0 amide bonds. The third kappa shape index (κ3) is 3.39. The van der Waals surface area contributed by atoms with E-state index in [0.717, 1.165) is 44.9 Å². The van der Waals surface area contributed by atoms with Crippen LogP contribution in [-0.2, 0) is 18.3 Å². The number of nitrogens with zero attached hydrogens (tertiary/aromatic N) is 2. The first-order chi connectivity index (χ1) is 11.2. The maximum Gasteiger partial charge on any atom is 0.259 e. The summed E-state index contributed by atoms with van der Waals surface area (Å²) in [4.78, 5) is 14.8. The Bertz CT molecular complexity index is 736. The summed E-state index contributed by atoms with van der Waals surface area (Å²) in [6.07, 6.45) is 0. The SMILES string of the molecule is Cn1c(=O)c(CNCCN2CCOCC2)c(O)c2ccccc21. The quantitative estimate of drug-likeness (QED) is 0.793. The van der Waals surface area contributed by atoms with Crippen LogP contribution in [0.5, 0.6) is 5.75 Å². The Balaban J connectivity index is 1.69. The molecule has 0 aliphatic carbocycles. The summed E-state index contributed by atoms with van der Waals surface area (Å²) in [5, 5.41) is 14.4. The van der Waals surface area contributed by atoms with Gasteiger partial charge < -0.3 is 19.7 Å². The van der Waals surface area contributed by atoms with Crippen LogP contribution >= 0.6 is 0 Å². The molecule has 0 saturated carbocycles. The van der Waals surface area contributed by atoms with Gasteiger partial charge >= 0.3 is 0 Å². The fourth-order valence-corrected chi connectivity index (χ4v) is 2.98. The van der Waals surface area contributed by atoms with E-state index in [-0.39, 0.29) is 11.3 Å². The van der Waals surface area contributed by atoms with Crippen molar-refractivity contribution in [3.63, 3.8) is 0 Å². The molecule has 1 aromatic carbocycles. The number of benzene rings is 1. The molecule has 124 valence electrons. The summed E-state index contributed by atoms with van der Waals surface area (Å²) in [6.45, 7) is 5.52. The van der Waals surface area contributed by atoms with Crippen molar-refractivity contribution in [3.8, 4) is 5.75 Å². The first-order valence-electron chi connectivity index (χ1n) is 7.99. The van der Waals surface area contributed by atoms with Crippen LogP contribution in [0, 0.1) is 0 Å². The average molecular weight is 317 g/mol. The number of aromatic nitrogens is 1. The molecule has 2 N–H and O–H groups in total. The van der Waals surface area contributed by atoms with E-state index in [1.165, 1.54) is 0 Å². The fraction of sp³-hybridized carbons (Fsp3) is 0.471. The first-order valence-corrected chi connectivity index (χ1v) is 7.99. The zero-order valence-electron chi connectivity index (χ0n) is 13.4. The van der Waals surface area contributed by atoms with Gasteiger partial charge in [-0.1, -0.05) is 12.1 Å². The lowest BCUT2D eigenvalue weighted by molar-refractivity contribution is 0.0384. The van der Waals surface area contributed by atoms with E-state index < -0.39 is 0 Å². The van der Waals surface area contributed by atoms with Crippen molar-refractivity contribution in [1.82, 2.24) is 14.8 Å². The monoisotopic (exact) mass is 317 g/mol. The molecule has 23 heavy (non-hydrogen) atoms. The molecule has 0 unspecified atom stereocenters. The molecule has 6 heteroatoms. The lowest BCUT2D eigenvalue weighted by Crippen LogP contribution is -2.40. The van der Waals surface area contributed by atoms with E-state index >= 15 is 0 Å². The van der Waals surface area contributed by atoms with Crippen LogP contribution in [0.25, 0.3) is 10.9 Å². The van der Waals surface area contributed by atoms with E-state index in [1.807, 2.05) is 24.3 Å². The summed E-state index contributed by atoms with van der Waals surface area (Å²) in [5.74, 6) is 0.0857. The zero-order valence-corrected chi connectivity index (χ0v) is 13.4. The Labute approximate surface area is 135 Å². The standard InChI is InChI=1S/C17H23N3O3/c1-19-15-5-3-2-4-13(15)16(21)14(17(19)22)12-18-6-7-20-8-10-23-11-9-20/h2-5,18,21H,6-12H2,1H3. The number of para-hydroxylation sites is 1. The van der Waals surface area contributed by atoms with Gasteiger partial charge in [-0.2, -0.15) is 0 Å². The lowest BCUT2D eigenvalue weighted by atomic mass is 10.1. The Morgan fingerprint density at radius 1 is 1.26 bits per heavy atom. The molecule has 0 radical (unpaired) electrons. The minimum atomic E-state index is -0.153.